The average Bonchev–Trinajstić information content (AvgIpc) is 3.67. The molecule has 0 saturated carbocycles. The zero-order valence-electron chi connectivity index (χ0n) is 31.1. The molecule has 268 valence electrons. The largest absolute Gasteiger partial charge is 0.456 e. The number of rotatable bonds is 6. The molecule has 57 heavy (non-hydrogen) atoms. The molecule has 0 radical (unpaired) electrons. The summed E-state index contributed by atoms with van der Waals surface area (Å²) in [7, 11) is 0. The van der Waals surface area contributed by atoms with Crippen molar-refractivity contribution in [3.63, 3.8) is 0 Å². The van der Waals surface area contributed by atoms with Crippen LogP contribution < -0.4 is 0 Å². The lowest BCUT2D eigenvalue weighted by atomic mass is 9.88. The number of nitrogens with zero attached hydrogens (tertiary/aromatic N) is 3. The molecular weight excluding hydrogens is 695 g/mol. The van der Waals surface area contributed by atoms with E-state index in [-0.39, 0.29) is 0 Å². The minimum absolute atomic E-state index is 0.608. The van der Waals surface area contributed by atoms with E-state index in [2.05, 4.69) is 158 Å². The minimum Gasteiger partial charge on any atom is -0.456 e. The Morgan fingerprint density at radius 2 is 0.982 bits per heavy atom. The van der Waals surface area contributed by atoms with Gasteiger partial charge in [0.15, 0.2) is 17.5 Å². The first-order valence-corrected chi connectivity index (χ1v) is 19.5. The fraction of sp³-hybridized carbons (Fsp3) is 0.0377. The van der Waals surface area contributed by atoms with E-state index in [9.17, 15) is 0 Å². The lowest BCUT2D eigenvalue weighted by Gasteiger charge is -2.18. The molecule has 0 unspecified atom stereocenters. The van der Waals surface area contributed by atoms with Gasteiger partial charge in [0, 0.05) is 27.5 Å². The molecule has 4 nitrogen and oxygen atoms in total. The summed E-state index contributed by atoms with van der Waals surface area (Å²) >= 11 is 0. The van der Waals surface area contributed by atoms with E-state index < -0.39 is 0 Å². The number of benzene rings is 8. The van der Waals surface area contributed by atoms with Crippen LogP contribution in [-0.4, -0.2) is 15.0 Å². The quantitative estimate of drug-likeness (QED) is 0.171. The molecule has 8 aromatic carbocycles. The van der Waals surface area contributed by atoms with Gasteiger partial charge in [-0.1, -0.05) is 164 Å². The molecular formula is C53H35N3O. The van der Waals surface area contributed by atoms with Crippen LogP contribution in [0, 0.1) is 0 Å². The van der Waals surface area contributed by atoms with Crippen molar-refractivity contribution < 1.29 is 4.42 Å². The third kappa shape index (κ3) is 5.90. The van der Waals surface area contributed by atoms with Crippen LogP contribution in [0.4, 0.5) is 0 Å². The molecule has 1 aliphatic carbocycles. The standard InChI is InChI=1S/C53H35N3O/c1-4-13-34(14-5-1)38-25-23-35-24-26-40(32-41(35)31-38)52-54-51(37-17-8-3-9-18-37)55-53(56-52)47-21-12-22-48-50(47)46-28-27-39(33-49(46)57-48)43-30-29-42(36-15-6-2-7-16-36)44-19-10-11-20-45(43)44/h1-22,24,26-33H,23,25H2. The summed E-state index contributed by atoms with van der Waals surface area (Å²) in [4.78, 5) is 15.4. The highest BCUT2D eigenvalue weighted by molar-refractivity contribution is 6.13. The summed E-state index contributed by atoms with van der Waals surface area (Å²) in [6.07, 6.45) is 4.34. The monoisotopic (exact) mass is 729 g/mol. The molecule has 0 N–H and O–H groups in total. The van der Waals surface area contributed by atoms with Crippen LogP contribution in [-0.2, 0) is 6.42 Å². The Kier molecular flexibility index (Phi) is 7.92. The zero-order valence-corrected chi connectivity index (χ0v) is 31.1. The van der Waals surface area contributed by atoms with Crippen LogP contribution >= 0.6 is 0 Å². The average molecular weight is 730 g/mol. The van der Waals surface area contributed by atoms with Gasteiger partial charge in [0.25, 0.3) is 0 Å². The molecule has 11 rings (SSSR count). The van der Waals surface area contributed by atoms with Crippen molar-refractivity contribution in [2.45, 2.75) is 12.8 Å². The fourth-order valence-corrected chi connectivity index (χ4v) is 8.45. The van der Waals surface area contributed by atoms with Gasteiger partial charge in [-0.15, -0.1) is 0 Å². The molecule has 0 bridgehead atoms. The Balaban J connectivity index is 1.04. The summed E-state index contributed by atoms with van der Waals surface area (Å²) in [5.41, 5.74) is 14.3. The lowest BCUT2D eigenvalue weighted by Crippen LogP contribution is -2.02. The highest BCUT2D eigenvalue weighted by Crippen LogP contribution is 2.41. The molecule has 4 heteroatoms. The highest BCUT2D eigenvalue weighted by atomic mass is 16.3. The Morgan fingerprint density at radius 3 is 1.72 bits per heavy atom. The first-order valence-electron chi connectivity index (χ1n) is 19.5. The summed E-state index contributed by atoms with van der Waals surface area (Å²) in [6, 6.07) is 63.8. The number of hydrogen-bond donors (Lipinski definition) is 0. The second-order valence-corrected chi connectivity index (χ2v) is 14.7. The van der Waals surface area contributed by atoms with Crippen molar-refractivity contribution in [3.05, 3.63) is 199 Å². The van der Waals surface area contributed by atoms with Crippen LogP contribution in [0.3, 0.4) is 0 Å². The Morgan fingerprint density at radius 1 is 0.368 bits per heavy atom. The van der Waals surface area contributed by atoms with Gasteiger partial charge in [0.2, 0.25) is 0 Å². The van der Waals surface area contributed by atoms with E-state index in [0.717, 1.165) is 57.0 Å². The van der Waals surface area contributed by atoms with E-state index >= 15 is 0 Å². The maximum absolute atomic E-state index is 6.64. The maximum atomic E-state index is 6.64. The van der Waals surface area contributed by atoms with Gasteiger partial charge in [-0.2, -0.15) is 0 Å². The van der Waals surface area contributed by atoms with Gasteiger partial charge < -0.3 is 4.42 Å². The molecule has 0 spiro atoms. The molecule has 0 amide bonds. The van der Waals surface area contributed by atoms with Crippen LogP contribution in [0.15, 0.2) is 186 Å². The van der Waals surface area contributed by atoms with E-state index in [1.165, 1.54) is 49.7 Å². The van der Waals surface area contributed by atoms with E-state index in [1.807, 2.05) is 30.3 Å². The predicted molar refractivity (Wildman–Crippen MR) is 234 cm³/mol. The molecule has 0 saturated heterocycles. The molecule has 0 aliphatic heterocycles. The van der Waals surface area contributed by atoms with Crippen LogP contribution in [0.1, 0.15) is 23.1 Å². The van der Waals surface area contributed by atoms with E-state index in [1.54, 1.807) is 0 Å². The number of hydrogen-bond acceptors (Lipinski definition) is 4. The second kappa shape index (κ2) is 13.7. The van der Waals surface area contributed by atoms with Gasteiger partial charge in [0.05, 0.1) is 0 Å². The van der Waals surface area contributed by atoms with Crippen molar-refractivity contribution in [2.75, 3.05) is 0 Å². The van der Waals surface area contributed by atoms with Gasteiger partial charge >= 0.3 is 0 Å². The third-order valence-electron chi connectivity index (χ3n) is 11.3. The van der Waals surface area contributed by atoms with Crippen molar-refractivity contribution in [2.24, 2.45) is 0 Å². The molecule has 10 aromatic rings. The number of furan rings is 1. The van der Waals surface area contributed by atoms with Crippen molar-refractivity contribution >= 4 is 44.4 Å². The maximum Gasteiger partial charge on any atom is 0.164 e. The van der Waals surface area contributed by atoms with Crippen LogP contribution in [0.25, 0.3) is 101 Å². The Hall–Kier alpha value is -7.43. The van der Waals surface area contributed by atoms with Crippen molar-refractivity contribution in [3.8, 4) is 56.4 Å². The SMILES string of the molecule is C1=C(c2ccccc2)CCc2ccc(-c3nc(-c4ccccc4)nc(-c4cccc5oc6cc(-c7ccc(-c8ccccc8)c8ccccc78)ccc6c45)n3)cc21. The number of allylic oxidation sites excluding steroid dienone is 1. The molecule has 1 aliphatic rings. The highest BCUT2D eigenvalue weighted by Gasteiger charge is 2.20. The lowest BCUT2D eigenvalue weighted by molar-refractivity contribution is 0.669. The third-order valence-corrected chi connectivity index (χ3v) is 11.3. The van der Waals surface area contributed by atoms with Gasteiger partial charge in [-0.05, 0) is 92.4 Å². The first kappa shape index (κ1) is 33.0. The van der Waals surface area contributed by atoms with E-state index in [0.29, 0.717) is 17.5 Å². The first-order chi connectivity index (χ1) is 28.2. The normalized spacial score (nSPS) is 12.5. The second-order valence-electron chi connectivity index (χ2n) is 14.7. The minimum atomic E-state index is 0.608. The molecule has 0 atom stereocenters. The van der Waals surface area contributed by atoms with E-state index in [4.69, 9.17) is 19.4 Å². The summed E-state index contributed by atoms with van der Waals surface area (Å²) in [5.74, 6) is 1.88. The van der Waals surface area contributed by atoms with Gasteiger partial charge in [0.1, 0.15) is 11.2 Å². The molecule has 0 fully saturated rings. The summed E-state index contributed by atoms with van der Waals surface area (Å²) in [5, 5.41) is 4.43. The number of fused-ring (bicyclic) bond motifs is 5. The predicted octanol–water partition coefficient (Wildman–Crippen LogP) is 13.7. The fourth-order valence-electron chi connectivity index (χ4n) is 8.45. The molecule has 2 heterocycles. The van der Waals surface area contributed by atoms with Crippen LogP contribution in [0.2, 0.25) is 0 Å². The Labute approximate surface area is 330 Å². The van der Waals surface area contributed by atoms with Crippen LogP contribution in [0.5, 0.6) is 0 Å². The number of aryl methyl sites for hydroxylation is 1. The van der Waals surface area contributed by atoms with Gasteiger partial charge in [-0.25, -0.2) is 15.0 Å². The number of aromatic nitrogens is 3. The Bertz CT molecular complexity index is 3170. The van der Waals surface area contributed by atoms with Gasteiger partial charge in [-0.3, -0.25) is 0 Å². The summed E-state index contributed by atoms with van der Waals surface area (Å²) < 4.78 is 6.64. The smallest absolute Gasteiger partial charge is 0.164 e. The molecule has 2 aromatic heterocycles. The van der Waals surface area contributed by atoms with Crippen molar-refractivity contribution in [1.82, 2.24) is 15.0 Å². The summed E-state index contributed by atoms with van der Waals surface area (Å²) in [6.45, 7) is 0. The zero-order chi connectivity index (χ0) is 37.7. The topological polar surface area (TPSA) is 51.8 Å². The van der Waals surface area contributed by atoms with Crippen molar-refractivity contribution in [1.29, 1.82) is 0 Å².